The SMILES string of the molecule is CCOC(=O)[C@@H](OP(=O)(OCCC(C)C)OCCC(C)C)C(F)(F)F. The van der Waals surface area contributed by atoms with E-state index in [0.717, 1.165) is 0 Å². The van der Waals surface area contributed by atoms with E-state index in [4.69, 9.17) is 9.05 Å². The van der Waals surface area contributed by atoms with Crippen molar-refractivity contribution in [2.24, 2.45) is 11.8 Å². The normalized spacial score (nSPS) is 14.2. The minimum atomic E-state index is -5.11. The number of alkyl halides is 3. The summed E-state index contributed by atoms with van der Waals surface area (Å²) >= 11 is 0. The van der Waals surface area contributed by atoms with Gasteiger partial charge in [-0.15, -0.1) is 0 Å². The Kier molecular flexibility index (Phi) is 10.9. The molecular formula is C15H28F3O6P. The Morgan fingerprint density at radius 2 is 1.44 bits per heavy atom. The van der Waals surface area contributed by atoms with Crippen molar-refractivity contribution in [3.8, 4) is 0 Å². The fourth-order valence-corrected chi connectivity index (χ4v) is 2.80. The van der Waals surface area contributed by atoms with E-state index in [9.17, 15) is 22.5 Å². The number of ether oxygens (including phenoxy) is 1. The molecule has 0 aliphatic heterocycles. The third-order valence-electron chi connectivity index (χ3n) is 2.92. The first kappa shape index (κ1) is 24.4. The second-order valence-corrected chi connectivity index (χ2v) is 7.88. The summed E-state index contributed by atoms with van der Waals surface area (Å²) in [5.74, 6) is -1.34. The summed E-state index contributed by atoms with van der Waals surface area (Å²) in [5, 5.41) is 0. The van der Waals surface area contributed by atoms with Crippen molar-refractivity contribution in [3.63, 3.8) is 0 Å². The van der Waals surface area contributed by atoms with Crippen molar-refractivity contribution < 1.29 is 40.8 Å². The predicted octanol–water partition coefficient (Wildman–Crippen LogP) is 4.73. The molecule has 0 aromatic rings. The molecule has 150 valence electrons. The molecule has 0 saturated heterocycles. The number of phosphoric ester groups is 1. The van der Waals surface area contributed by atoms with Crippen LogP contribution in [0.3, 0.4) is 0 Å². The number of hydrogen-bond donors (Lipinski definition) is 0. The second-order valence-electron chi connectivity index (χ2n) is 6.26. The summed E-state index contributed by atoms with van der Waals surface area (Å²) < 4.78 is 70.6. The Balaban J connectivity index is 5.18. The van der Waals surface area contributed by atoms with Gasteiger partial charge in [0.05, 0.1) is 19.8 Å². The minimum Gasteiger partial charge on any atom is -0.464 e. The van der Waals surface area contributed by atoms with E-state index in [1.807, 2.05) is 27.7 Å². The van der Waals surface area contributed by atoms with Crippen molar-refractivity contribution in [1.82, 2.24) is 0 Å². The summed E-state index contributed by atoms with van der Waals surface area (Å²) in [6.45, 7) is 8.30. The van der Waals surface area contributed by atoms with Gasteiger partial charge in [0, 0.05) is 0 Å². The molecule has 0 fully saturated rings. The van der Waals surface area contributed by atoms with E-state index in [1.165, 1.54) is 6.92 Å². The second kappa shape index (κ2) is 11.2. The summed E-state index contributed by atoms with van der Waals surface area (Å²) in [4.78, 5) is 11.5. The van der Waals surface area contributed by atoms with Gasteiger partial charge >= 0.3 is 20.0 Å². The molecule has 0 radical (unpaired) electrons. The van der Waals surface area contributed by atoms with E-state index in [2.05, 4.69) is 9.26 Å². The standard InChI is InChI=1S/C15H28F3O6P/c1-6-21-14(19)13(15(16,17)18)24-25(20,22-9-7-11(2)3)23-10-8-12(4)5/h11-13H,6-10H2,1-5H3/t13-/m1/s1. The number of hydrogen-bond acceptors (Lipinski definition) is 6. The third kappa shape index (κ3) is 10.8. The van der Waals surface area contributed by atoms with Gasteiger partial charge in [0.25, 0.3) is 6.10 Å². The highest BCUT2D eigenvalue weighted by Gasteiger charge is 2.52. The van der Waals surface area contributed by atoms with Gasteiger partial charge in [0.1, 0.15) is 0 Å². The molecule has 0 aromatic carbocycles. The van der Waals surface area contributed by atoms with Crippen LogP contribution in [0.15, 0.2) is 0 Å². The zero-order valence-corrected chi connectivity index (χ0v) is 16.2. The first-order chi connectivity index (χ1) is 11.4. The van der Waals surface area contributed by atoms with Crippen molar-refractivity contribution in [3.05, 3.63) is 0 Å². The monoisotopic (exact) mass is 392 g/mol. The molecule has 10 heteroatoms. The first-order valence-electron chi connectivity index (χ1n) is 8.22. The van der Waals surface area contributed by atoms with Crippen LogP contribution in [0.2, 0.25) is 0 Å². The fraction of sp³-hybridized carbons (Fsp3) is 0.933. The largest absolute Gasteiger partial charge is 0.475 e. The molecule has 0 amide bonds. The van der Waals surface area contributed by atoms with Crippen molar-refractivity contribution in [2.45, 2.75) is 59.7 Å². The topological polar surface area (TPSA) is 71.1 Å². The van der Waals surface area contributed by atoms with Crippen LogP contribution in [-0.4, -0.2) is 38.1 Å². The number of carbonyl (C=O) groups is 1. The van der Waals surface area contributed by atoms with Gasteiger partial charge in [-0.3, -0.25) is 13.6 Å². The Labute approximate surface area is 147 Å². The molecule has 0 spiro atoms. The molecule has 0 bridgehead atoms. The van der Waals surface area contributed by atoms with Crippen LogP contribution < -0.4 is 0 Å². The van der Waals surface area contributed by atoms with Crippen LogP contribution in [0.25, 0.3) is 0 Å². The highest BCUT2D eigenvalue weighted by molar-refractivity contribution is 7.48. The maximum atomic E-state index is 13.1. The molecule has 6 nitrogen and oxygen atoms in total. The maximum absolute atomic E-state index is 13.1. The van der Waals surface area contributed by atoms with Gasteiger partial charge in [-0.1, -0.05) is 27.7 Å². The summed E-state index contributed by atoms with van der Waals surface area (Å²) in [7, 11) is -4.58. The quantitative estimate of drug-likeness (QED) is 0.353. The molecule has 0 aromatic heterocycles. The van der Waals surface area contributed by atoms with Gasteiger partial charge in [0.15, 0.2) is 0 Å². The summed E-state index contributed by atoms with van der Waals surface area (Å²) in [5.41, 5.74) is 0. The van der Waals surface area contributed by atoms with Crippen LogP contribution in [0.5, 0.6) is 0 Å². The number of esters is 1. The van der Waals surface area contributed by atoms with Gasteiger partial charge in [-0.25, -0.2) is 9.36 Å². The van der Waals surface area contributed by atoms with Crippen LogP contribution in [0.4, 0.5) is 13.2 Å². The van der Waals surface area contributed by atoms with E-state index >= 15 is 0 Å². The van der Waals surface area contributed by atoms with Crippen LogP contribution in [-0.2, 0) is 27.7 Å². The van der Waals surface area contributed by atoms with Crippen LogP contribution in [0, 0.1) is 11.8 Å². The van der Waals surface area contributed by atoms with Crippen molar-refractivity contribution >= 4 is 13.8 Å². The zero-order valence-electron chi connectivity index (χ0n) is 15.3. The summed E-state index contributed by atoms with van der Waals surface area (Å²) in [6, 6.07) is 0. The number of halogens is 3. The first-order valence-corrected chi connectivity index (χ1v) is 9.68. The number of phosphoric acid groups is 1. The summed E-state index contributed by atoms with van der Waals surface area (Å²) in [6.07, 6.45) is -7.25. The average molecular weight is 392 g/mol. The van der Waals surface area contributed by atoms with Crippen LogP contribution in [0.1, 0.15) is 47.5 Å². The lowest BCUT2D eigenvalue weighted by Crippen LogP contribution is -2.40. The van der Waals surface area contributed by atoms with Gasteiger partial charge in [-0.2, -0.15) is 13.2 Å². The Morgan fingerprint density at radius 3 is 1.76 bits per heavy atom. The molecule has 0 unspecified atom stereocenters. The molecular weight excluding hydrogens is 364 g/mol. The smallest absolute Gasteiger partial charge is 0.464 e. The van der Waals surface area contributed by atoms with E-state index in [-0.39, 0.29) is 31.7 Å². The lowest BCUT2D eigenvalue weighted by molar-refractivity contribution is -0.215. The minimum absolute atomic E-state index is 0.121. The molecule has 0 N–H and O–H groups in total. The molecule has 0 aliphatic carbocycles. The van der Waals surface area contributed by atoms with Crippen molar-refractivity contribution in [2.75, 3.05) is 19.8 Å². The fourth-order valence-electron chi connectivity index (χ4n) is 1.48. The lowest BCUT2D eigenvalue weighted by atomic mass is 10.2. The third-order valence-corrected chi connectivity index (χ3v) is 4.39. The van der Waals surface area contributed by atoms with Gasteiger partial charge in [-0.05, 0) is 31.6 Å². The van der Waals surface area contributed by atoms with E-state index in [0.29, 0.717) is 12.8 Å². The van der Waals surface area contributed by atoms with Crippen molar-refractivity contribution in [1.29, 1.82) is 0 Å². The highest BCUT2D eigenvalue weighted by atomic mass is 31.2. The predicted molar refractivity (Wildman–Crippen MR) is 86.0 cm³/mol. The van der Waals surface area contributed by atoms with Gasteiger partial charge in [0.2, 0.25) is 0 Å². The molecule has 25 heavy (non-hydrogen) atoms. The average Bonchev–Trinajstić information content (AvgIpc) is 2.43. The lowest BCUT2D eigenvalue weighted by Gasteiger charge is -2.24. The molecule has 0 heterocycles. The van der Waals surface area contributed by atoms with E-state index < -0.39 is 26.1 Å². The Hall–Kier alpha value is -0.630. The maximum Gasteiger partial charge on any atom is 0.475 e. The molecule has 0 aliphatic rings. The number of carbonyl (C=O) groups excluding carboxylic acids is 1. The van der Waals surface area contributed by atoms with E-state index in [1.54, 1.807) is 0 Å². The van der Waals surface area contributed by atoms with Crippen LogP contribution >= 0.6 is 7.82 Å². The molecule has 0 rings (SSSR count). The Morgan fingerprint density at radius 1 is 1.00 bits per heavy atom. The molecule has 0 saturated carbocycles. The zero-order chi connectivity index (χ0) is 19.7. The number of rotatable bonds is 12. The molecule has 1 atom stereocenters. The van der Waals surface area contributed by atoms with Gasteiger partial charge < -0.3 is 4.74 Å². The highest BCUT2D eigenvalue weighted by Crippen LogP contribution is 2.53. The Bertz CT molecular complexity index is 421.